The van der Waals surface area contributed by atoms with Crippen LogP contribution in [0.15, 0.2) is 0 Å². The van der Waals surface area contributed by atoms with Gasteiger partial charge in [0.15, 0.2) is 0 Å². The molecule has 0 radical (unpaired) electrons. The Hall–Kier alpha value is -0.500. The fraction of sp³-hybridized carbons (Fsp3) is 0.967. The van der Waals surface area contributed by atoms with Gasteiger partial charge in [-0.1, -0.05) is 116 Å². The quantitative estimate of drug-likeness (QED) is 0.0417. The smallest absolute Gasteiger partial charge is 0.458 e. The molecular formula is C30H63NO7P+. The highest BCUT2D eigenvalue weighted by Gasteiger charge is 2.25. The molecule has 0 aliphatic carbocycles. The summed E-state index contributed by atoms with van der Waals surface area (Å²) in [7, 11) is 1.67. The number of rotatable bonds is 29. The van der Waals surface area contributed by atoms with Crippen LogP contribution < -0.4 is 0 Å². The summed E-state index contributed by atoms with van der Waals surface area (Å²) in [6.45, 7) is 4.65. The minimum Gasteiger partial charge on any atom is -0.458 e. The van der Waals surface area contributed by atoms with Gasteiger partial charge in [0, 0.05) is 13.5 Å². The van der Waals surface area contributed by atoms with E-state index in [1.807, 2.05) is 21.1 Å². The molecule has 0 amide bonds. The second-order valence-corrected chi connectivity index (χ2v) is 13.4. The summed E-state index contributed by atoms with van der Waals surface area (Å²) < 4.78 is 33.5. The SMILES string of the molecule is CCCCCCCCCCCCCCCCCCCCOC[C@H](COP(=O)(O)OCC[N+](C)(C)C)OC(C)=O. The predicted molar refractivity (Wildman–Crippen MR) is 160 cm³/mol. The Morgan fingerprint density at radius 3 is 1.54 bits per heavy atom. The number of carbonyl (C=O) groups is 1. The fourth-order valence-electron chi connectivity index (χ4n) is 4.32. The number of hydrogen-bond acceptors (Lipinski definition) is 6. The van der Waals surface area contributed by atoms with Crippen LogP contribution in [-0.2, 0) is 27.9 Å². The van der Waals surface area contributed by atoms with Gasteiger partial charge in [-0.25, -0.2) is 4.57 Å². The molecule has 0 spiro atoms. The number of esters is 1. The first-order valence-electron chi connectivity index (χ1n) is 15.7. The van der Waals surface area contributed by atoms with Crippen LogP contribution in [0.2, 0.25) is 0 Å². The van der Waals surface area contributed by atoms with Crippen LogP contribution in [0, 0.1) is 0 Å². The zero-order valence-electron chi connectivity index (χ0n) is 26.1. The third-order valence-electron chi connectivity index (χ3n) is 6.72. The van der Waals surface area contributed by atoms with E-state index in [9.17, 15) is 14.3 Å². The van der Waals surface area contributed by atoms with Crippen molar-refractivity contribution in [3.63, 3.8) is 0 Å². The van der Waals surface area contributed by atoms with Crippen LogP contribution in [0.5, 0.6) is 0 Å². The van der Waals surface area contributed by atoms with Gasteiger partial charge < -0.3 is 18.9 Å². The Morgan fingerprint density at radius 2 is 1.13 bits per heavy atom. The summed E-state index contributed by atoms with van der Waals surface area (Å²) in [4.78, 5) is 21.2. The van der Waals surface area contributed by atoms with E-state index >= 15 is 0 Å². The maximum absolute atomic E-state index is 12.1. The van der Waals surface area contributed by atoms with E-state index in [0.29, 0.717) is 17.6 Å². The molecule has 0 aromatic rings. The molecule has 9 heteroatoms. The second-order valence-electron chi connectivity index (χ2n) is 11.9. The Bertz CT molecular complexity index is 613. The van der Waals surface area contributed by atoms with Gasteiger partial charge in [0.05, 0.1) is 34.4 Å². The number of ether oxygens (including phenoxy) is 2. The highest BCUT2D eigenvalue weighted by molar-refractivity contribution is 7.47. The van der Waals surface area contributed by atoms with Crippen molar-refractivity contribution < 1.29 is 37.3 Å². The molecule has 0 aromatic carbocycles. The van der Waals surface area contributed by atoms with E-state index in [1.54, 1.807) is 0 Å². The third kappa shape index (κ3) is 30.3. The first kappa shape index (κ1) is 38.5. The van der Waals surface area contributed by atoms with E-state index < -0.39 is 19.9 Å². The van der Waals surface area contributed by atoms with Crippen molar-refractivity contribution in [2.75, 3.05) is 54.1 Å². The molecule has 1 N–H and O–H groups in total. The van der Waals surface area contributed by atoms with Crippen molar-refractivity contribution in [1.29, 1.82) is 0 Å². The van der Waals surface area contributed by atoms with Crippen molar-refractivity contribution >= 4 is 13.8 Å². The average molecular weight is 581 g/mol. The fourth-order valence-corrected chi connectivity index (χ4v) is 5.06. The van der Waals surface area contributed by atoms with Crippen molar-refractivity contribution in [2.24, 2.45) is 0 Å². The Labute approximate surface area is 240 Å². The molecule has 39 heavy (non-hydrogen) atoms. The van der Waals surface area contributed by atoms with Crippen LogP contribution >= 0.6 is 7.82 Å². The third-order valence-corrected chi connectivity index (χ3v) is 7.70. The van der Waals surface area contributed by atoms with Gasteiger partial charge in [-0.05, 0) is 6.42 Å². The van der Waals surface area contributed by atoms with Gasteiger partial charge in [0.2, 0.25) is 0 Å². The monoisotopic (exact) mass is 580 g/mol. The second kappa shape index (κ2) is 25.2. The van der Waals surface area contributed by atoms with Crippen LogP contribution in [0.4, 0.5) is 0 Å². The molecule has 0 rings (SSSR count). The molecule has 2 atom stereocenters. The molecule has 0 aliphatic rings. The Morgan fingerprint density at radius 1 is 0.692 bits per heavy atom. The highest BCUT2D eigenvalue weighted by atomic mass is 31.2. The average Bonchev–Trinajstić information content (AvgIpc) is 2.84. The molecule has 234 valence electrons. The van der Waals surface area contributed by atoms with E-state index in [1.165, 1.54) is 110 Å². The number of phosphoric ester groups is 1. The molecule has 0 aliphatic heterocycles. The molecular weight excluding hydrogens is 517 g/mol. The summed E-state index contributed by atoms with van der Waals surface area (Å²) in [5.74, 6) is -0.487. The van der Waals surface area contributed by atoms with Crippen molar-refractivity contribution in [1.82, 2.24) is 0 Å². The van der Waals surface area contributed by atoms with E-state index in [0.717, 1.165) is 12.8 Å². The first-order chi connectivity index (χ1) is 18.6. The molecule has 0 saturated carbocycles. The number of hydrogen-bond donors (Lipinski definition) is 1. The Kier molecular flexibility index (Phi) is 24.9. The van der Waals surface area contributed by atoms with E-state index in [4.69, 9.17) is 18.5 Å². The molecule has 0 fully saturated rings. The summed E-state index contributed by atoms with van der Waals surface area (Å²) in [6, 6.07) is 0. The van der Waals surface area contributed by atoms with Crippen LogP contribution in [-0.4, -0.2) is 75.6 Å². The summed E-state index contributed by atoms with van der Waals surface area (Å²) in [5.41, 5.74) is 0. The lowest BCUT2D eigenvalue weighted by molar-refractivity contribution is -0.870. The Balaban J connectivity index is 3.65. The molecule has 1 unspecified atom stereocenters. The number of nitrogens with zero attached hydrogens (tertiary/aromatic N) is 1. The molecule has 8 nitrogen and oxygen atoms in total. The van der Waals surface area contributed by atoms with Gasteiger partial charge >= 0.3 is 13.8 Å². The highest BCUT2D eigenvalue weighted by Crippen LogP contribution is 2.43. The van der Waals surface area contributed by atoms with Crippen LogP contribution in [0.1, 0.15) is 129 Å². The van der Waals surface area contributed by atoms with Crippen molar-refractivity contribution in [2.45, 2.75) is 136 Å². The first-order valence-corrected chi connectivity index (χ1v) is 17.2. The predicted octanol–water partition coefficient (Wildman–Crippen LogP) is 7.82. The van der Waals surface area contributed by atoms with E-state index in [2.05, 4.69) is 6.92 Å². The molecule has 0 aromatic heterocycles. The van der Waals surface area contributed by atoms with Crippen LogP contribution in [0.25, 0.3) is 0 Å². The van der Waals surface area contributed by atoms with Gasteiger partial charge in [-0.2, -0.15) is 0 Å². The number of quaternary nitrogens is 1. The summed E-state index contributed by atoms with van der Waals surface area (Å²) in [5, 5.41) is 0. The maximum Gasteiger partial charge on any atom is 0.472 e. The largest absolute Gasteiger partial charge is 0.472 e. The zero-order chi connectivity index (χ0) is 29.2. The topological polar surface area (TPSA) is 91.3 Å². The number of likely N-dealkylation sites (N-methyl/N-ethyl adjacent to an activating group) is 1. The zero-order valence-corrected chi connectivity index (χ0v) is 27.0. The number of phosphoric acid groups is 1. The summed E-state index contributed by atoms with van der Waals surface area (Å²) in [6.07, 6.45) is 23.2. The van der Waals surface area contributed by atoms with Gasteiger partial charge in [0.25, 0.3) is 0 Å². The minimum atomic E-state index is -4.21. The van der Waals surface area contributed by atoms with E-state index in [-0.39, 0.29) is 19.8 Å². The standard InChI is InChI=1S/C30H62NO7P/c1-6-7-8-9-10-11-12-13-14-15-16-17-18-19-20-21-22-23-25-35-27-30(38-29(2)32)28-37-39(33,34)36-26-24-31(3,4)5/h30H,6-28H2,1-5H3/p+1/t30-/m1/s1. The van der Waals surface area contributed by atoms with Crippen molar-refractivity contribution in [3.05, 3.63) is 0 Å². The lowest BCUT2D eigenvalue weighted by atomic mass is 10.0. The van der Waals surface area contributed by atoms with Gasteiger partial charge in [-0.3, -0.25) is 13.8 Å². The minimum absolute atomic E-state index is 0.0887. The number of unbranched alkanes of at least 4 members (excludes halogenated alkanes) is 17. The lowest BCUT2D eigenvalue weighted by Crippen LogP contribution is -2.37. The molecule has 0 heterocycles. The lowest BCUT2D eigenvalue weighted by Gasteiger charge is -2.24. The van der Waals surface area contributed by atoms with Crippen molar-refractivity contribution in [3.8, 4) is 0 Å². The molecule has 0 saturated heterocycles. The molecule has 0 bridgehead atoms. The van der Waals surface area contributed by atoms with Crippen LogP contribution in [0.3, 0.4) is 0 Å². The van der Waals surface area contributed by atoms with Gasteiger partial charge in [-0.15, -0.1) is 0 Å². The van der Waals surface area contributed by atoms with Gasteiger partial charge in [0.1, 0.15) is 19.3 Å². The summed E-state index contributed by atoms with van der Waals surface area (Å²) >= 11 is 0. The normalized spacial score (nSPS) is 14.3. The maximum atomic E-state index is 12.1. The number of carbonyl (C=O) groups excluding carboxylic acids is 1.